The van der Waals surface area contributed by atoms with Crippen LogP contribution in [0.4, 0.5) is 0 Å². The third-order valence-corrected chi connectivity index (χ3v) is 3.47. The van der Waals surface area contributed by atoms with Gasteiger partial charge in [0.05, 0.1) is 5.52 Å². The molecule has 0 aliphatic carbocycles. The Morgan fingerprint density at radius 1 is 1.18 bits per heavy atom. The van der Waals surface area contributed by atoms with E-state index in [-0.39, 0.29) is 5.75 Å². The summed E-state index contributed by atoms with van der Waals surface area (Å²) in [6.45, 7) is 3.70. The molecule has 1 heterocycles. The maximum Gasteiger partial charge on any atom is 0.422 e. The second-order valence-electron chi connectivity index (χ2n) is 4.82. The van der Waals surface area contributed by atoms with Crippen LogP contribution in [0.5, 0.6) is 5.75 Å². The number of rotatable bonds is 3. The van der Waals surface area contributed by atoms with Crippen LogP contribution in [-0.2, 0) is 16.0 Å². The normalized spacial score (nSPS) is 10.7. The molecule has 0 atom stereocenters. The number of ether oxygens (including phenoxy) is 1. The van der Waals surface area contributed by atoms with Crippen molar-refractivity contribution in [1.29, 1.82) is 0 Å². The zero-order valence-corrected chi connectivity index (χ0v) is 11.6. The molecule has 0 amide bonds. The molecule has 3 aromatic rings. The van der Waals surface area contributed by atoms with Crippen molar-refractivity contribution in [1.82, 2.24) is 4.98 Å². The van der Waals surface area contributed by atoms with Crippen molar-refractivity contribution in [2.24, 2.45) is 0 Å². The van der Waals surface area contributed by atoms with Crippen LogP contribution in [0.15, 0.2) is 49.1 Å². The van der Waals surface area contributed by atoms with E-state index in [1.165, 1.54) is 0 Å². The van der Waals surface area contributed by atoms with Crippen molar-refractivity contribution >= 4 is 33.7 Å². The van der Waals surface area contributed by atoms with Crippen molar-refractivity contribution < 1.29 is 19.4 Å². The molecule has 0 radical (unpaired) electrons. The molecule has 22 heavy (non-hydrogen) atoms. The first-order chi connectivity index (χ1) is 10.6. The minimum absolute atomic E-state index is 0.228. The number of benzene rings is 2. The van der Waals surface area contributed by atoms with Crippen molar-refractivity contribution in [3.63, 3.8) is 0 Å². The van der Waals surface area contributed by atoms with Gasteiger partial charge in [-0.2, -0.15) is 0 Å². The summed E-state index contributed by atoms with van der Waals surface area (Å²) < 4.78 is 4.96. The number of fused-ring (bicyclic) bond motifs is 3. The second-order valence-corrected chi connectivity index (χ2v) is 4.82. The molecule has 3 rings (SSSR count). The van der Waals surface area contributed by atoms with Gasteiger partial charge >= 0.3 is 11.9 Å². The highest BCUT2D eigenvalue weighted by Gasteiger charge is 2.18. The van der Waals surface area contributed by atoms with E-state index in [0.29, 0.717) is 12.0 Å². The summed E-state index contributed by atoms with van der Waals surface area (Å²) in [5.41, 5.74) is 2.49. The number of carbonyl (C=O) groups excluding carboxylic acids is 1. The second kappa shape index (κ2) is 5.37. The standard InChI is InChI=1S/C17H13NO4/c1-2-5-12-14(22-17(21)16(19)20)9-8-11-10-6-3-4-7-13(10)18-15(11)12/h2-4,6-9,18H,1,5H2,(H,19,20). The van der Waals surface area contributed by atoms with Crippen LogP contribution in [0, 0.1) is 0 Å². The summed E-state index contributed by atoms with van der Waals surface area (Å²) in [7, 11) is 0. The van der Waals surface area contributed by atoms with Crippen LogP contribution in [-0.4, -0.2) is 22.0 Å². The minimum atomic E-state index is -1.62. The lowest BCUT2D eigenvalue weighted by Crippen LogP contribution is -2.19. The number of carboxylic acid groups (broad SMARTS) is 1. The molecule has 5 heteroatoms. The maximum atomic E-state index is 11.3. The summed E-state index contributed by atoms with van der Waals surface area (Å²) in [5, 5.41) is 10.7. The highest BCUT2D eigenvalue weighted by Crippen LogP contribution is 2.33. The van der Waals surface area contributed by atoms with Gasteiger partial charge in [0.25, 0.3) is 0 Å². The molecule has 0 fully saturated rings. The zero-order valence-electron chi connectivity index (χ0n) is 11.6. The fourth-order valence-electron chi connectivity index (χ4n) is 2.54. The first-order valence-corrected chi connectivity index (χ1v) is 6.70. The van der Waals surface area contributed by atoms with Crippen LogP contribution in [0.25, 0.3) is 21.8 Å². The summed E-state index contributed by atoms with van der Waals surface area (Å²) in [6, 6.07) is 11.2. The minimum Gasteiger partial charge on any atom is -0.473 e. The number of H-pyrrole nitrogens is 1. The Kier molecular flexibility index (Phi) is 3.39. The van der Waals surface area contributed by atoms with E-state index in [0.717, 1.165) is 21.8 Å². The molecule has 0 spiro atoms. The average Bonchev–Trinajstić information content (AvgIpc) is 2.88. The van der Waals surface area contributed by atoms with Gasteiger partial charge in [0.15, 0.2) is 0 Å². The Morgan fingerprint density at radius 3 is 2.68 bits per heavy atom. The predicted octanol–water partition coefficient (Wildman–Crippen LogP) is 3.04. The van der Waals surface area contributed by atoms with Gasteiger partial charge < -0.3 is 14.8 Å². The number of allylic oxidation sites excluding steroid dienone is 1. The van der Waals surface area contributed by atoms with E-state index in [9.17, 15) is 9.59 Å². The Bertz CT molecular complexity index is 908. The van der Waals surface area contributed by atoms with E-state index < -0.39 is 11.9 Å². The third kappa shape index (κ3) is 2.22. The molecule has 0 aliphatic heterocycles. The summed E-state index contributed by atoms with van der Waals surface area (Å²) in [4.78, 5) is 25.3. The van der Waals surface area contributed by atoms with Gasteiger partial charge in [0, 0.05) is 21.9 Å². The van der Waals surface area contributed by atoms with Crippen molar-refractivity contribution in [3.05, 3.63) is 54.6 Å². The van der Waals surface area contributed by atoms with Crippen LogP contribution in [0.1, 0.15) is 5.56 Å². The molecule has 0 bridgehead atoms. The van der Waals surface area contributed by atoms with E-state index in [1.54, 1.807) is 12.1 Å². The van der Waals surface area contributed by atoms with Crippen LogP contribution in [0.2, 0.25) is 0 Å². The van der Waals surface area contributed by atoms with Gasteiger partial charge in [0.1, 0.15) is 5.75 Å². The largest absolute Gasteiger partial charge is 0.473 e. The van der Waals surface area contributed by atoms with Gasteiger partial charge in [-0.05, 0) is 24.6 Å². The van der Waals surface area contributed by atoms with E-state index >= 15 is 0 Å². The Labute approximate surface area is 125 Å². The first kappa shape index (κ1) is 13.9. The lowest BCUT2D eigenvalue weighted by Gasteiger charge is -2.08. The molecule has 0 saturated carbocycles. The number of aromatic nitrogens is 1. The smallest absolute Gasteiger partial charge is 0.422 e. The van der Waals surface area contributed by atoms with E-state index in [4.69, 9.17) is 9.84 Å². The lowest BCUT2D eigenvalue weighted by molar-refractivity contribution is -0.158. The van der Waals surface area contributed by atoms with Crippen LogP contribution >= 0.6 is 0 Å². The highest BCUT2D eigenvalue weighted by molar-refractivity contribution is 6.29. The molecular formula is C17H13NO4. The van der Waals surface area contributed by atoms with Crippen molar-refractivity contribution in [2.45, 2.75) is 6.42 Å². The van der Waals surface area contributed by atoms with Gasteiger partial charge in [-0.1, -0.05) is 24.3 Å². The molecule has 5 nitrogen and oxygen atoms in total. The number of aromatic amines is 1. The molecular weight excluding hydrogens is 282 g/mol. The SMILES string of the molecule is C=CCc1c(OC(=O)C(=O)O)ccc2c1[nH]c1ccccc12. The molecule has 0 saturated heterocycles. The zero-order chi connectivity index (χ0) is 15.7. The number of carbonyl (C=O) groups is 2. The van der Waals surface area contributed by atoms with Gasteiger partial charge in [-0.3, -0.25) is 0 Å². The Hall–Kier alpha value is -3.08. The van der Waals surface area contributed by atoms with E-state index in [1.807, 2.05) is 30.3 Å². The first-order valence-electron chi connectivity index (χ1n) is 6.70. The molecule has 0 aliphatic rings. The van der Waals surface area contributed by atoms with Crippen molar-refractivity contribution in [2.75, 3.05) is 0 Å². The predicted molar refractivity (Wildman–Crippen MR) is 83.0 cm³/mol. The summed E-state index contributed by atoms with van der Waals surface area (Å²) >= 11 is 0. The van der Waals surface area contributed by atoms with Gasteiger partial charge in [-0.15, -0.1) is 6.58 Å². The van der Waals surface area contributed by atoms with Crippen LogP contribution < -0.4 is 4.74 Å². The number of esters is 1. The monoisotopic (exact) mass is 295 g/mol. The molecule has 1 aromatic heterocycles. The van der Waals surface area contributed by atoms with Crippen molar-refractivity contribution in [3.8, 4) is 5.75 Å². The summed E-state index contributed by atoms with van der Waals surface area (Å²) in [5.74, 6) is -2.70. The van der Waals surface area contributed by atoms with Crippen LogP contribution in [0.3, 0.4) is 0 Å². The molecule has 110 valence electrons. The van der Waals surface area contributed by atoms with Gasteiger partial charge in [-0.25, -0.2) is 9.59 Å². The Morgan fingerprint density at radius 2 is 1.95 bits per heavy atom. The fraction of sp³-hybridized carbons (Fsp3) is 0.0588. The number of nitrogens with one attached hydrogen (secondary N) is 1. The third-order valence-electron chi connectivity index (χ3n) is 3.47. The average molecular weight is 295 g/mol. The molecule has 2 aromatic carbocycles. The Balaban J connectivity index is 2.23. The fourth-order valence-corrected chi connectivity index (χ4v) is 2.54. The molecule has 0 unspecified atom stereocenters. The van der Waals surface area contributed by atoms with Gasteiger partial charge in [0.2, 0.25) is 0 Å². The maximum absolute atomic E-state index is 11.3. The quantitative estimate of drug-likeness (QED) is 0.337. The molecule has 2 N–H and O–H groups in total. The number of para-hydroxylation sites is 1. The number of hydrogen-bond acceptors (Lipinski definition) is 3. The number of aliphatic carboxylic acids is 1. The highest BCUT2D eigenvalue weighted by atomic mass is 16.6. The number of carboxylic acids is 1. The lowest BCUT2D eigenvalue weighted by atomic mass is 10.1. The topological polar surface area (TPSA) is 79.4 Å². The summed E-state index contributed by atoms with van der Waals surface area (Å²) in [6.07, 6.45) is 2.13. The number of hydrogen-bond donors (Lipinski definition) is 2. The van der Waals surface area contributed by atoms with E-state index in [2.05, 4.69) is 11.6 Å².